The van der Waals surface area contributed by atoms with E-state index in [1.165, 1.54) is 4.90 Å². The van der Waals surface area contributed by atoms with Crippen molar-refractivity contribution in [3.8, 4) is 0 Å². The number of hydrogen-bond acceptors (Lipinski definition) is 2. The summed E-state index contributed by atoms with van der Waals surface area (Å²) >= 11 is 11.4. The molecule has 0 heterocycles. The largest absolute Gasteiger partial charge is 0.481 e. The number of carboxylic acids is 1. The van der Waals surface area contributed by atoms with Gasteiger partial charge in [0.15, 0.2) is 0 Å². The number of halogens is 2. The third kappa shape index (κ3) is 6.17. The minimum absolute atomic E-state index is 0.121. The van der Waals surface area contributed by atoms with Crippen molar-refractivity contribution in [3.05, 3.63) is 29.7 Å². The standard InChI is InChI=1S/C14H19Cl2NO2/c15-8-10-17(11-9-16)13-6-4-12(5-7-13)2-1-3-14(18)19/h4-7H,1-3,8-11H2,(H,18,19)/i1D2,2D2,4D,5D,6D,7D. The lowest BCUT2D eigenvalue weighted by Gasteiger charge is -2.23. The summed E-state index contributed by atoms with van der Waals surface area (Å²) in [7, 11) is 0. The first-order valence-electron chi connectivity index (χ1n) is 9.53. The van der Waals surface area contributed by atoms with Crippen LogP contribution in [-0.2, 0) is 11.2 Å². The Morgan fingerprint density at radius 2 is 1.84 bits per heavy atom. The van der Waals surface area contributed by atoms with Crippen LogP contribution in [0.15, 0.2) is 24.2 Å². The van der Waals surface area contributed by atoms with Gasteiger partial charge in [-0.05, 0) is 30.4 Å². The van der Waals surface area contributed by atoms with Crippen LogP contribution in [0, 0.1) is 0 Å². The van der Waals surface area contributed by atoms with Gasteiger partial charge in [0, 0.05) is 42.4 Å². The molecule has 0 radical (unpaired) electrons. The van der Waals surface area contributed by atoms with E-state index >= 15 is 0 Å². The van der Waals surface area contributed by atoms with Crippen LogP contribution in [0.4, 0.5) is 5.69 Å². The van der Waals surface area contributed by atoms with Gasteiger partial charge in [0.2, 0.25) is 0 Å². The molecule has 0 unspecified atom stereocenters. The number of anilines is 1. The van der Waals surface area contributed by atoms with E-state index in [-0.39, 0.29) is 30.5 Å². The minimum Gasteiger partial charge on any atom is -0.481 e. The molecule has 1 aromatic rings. The predicted molar refractivity (Wildman–Crippen MR) is 80.7 cm³/mol. The first kappa shape index (κ1) is 7.75. The van der Waals surface area contributed by atoms with Gasteiger partial charge >= 0.3 is 5.97 Å². The summed E-state index contributed by atoms with van der Waals surface area (Å²) in [5.41, 5.74) is -0.950. The maximum Gasteiger partial charge on any atom is 0.303 e. The summed E-state index contributed by atoms with van der Waals surface area (Å²) in [6.07, 6.45) is -7.24. The Morgan fingerprint density at radius 1 is 1.26 bits per heavy atom. The third-order valence-corrected chi connectivity index (χ3v) is 2.43. The SMILES string of the molecule is [2H]c1c([2H])c(C([2H])([2H])C([2H])([2H])CC(=O)O)c([2H])c([2H])c1N(CCCl)CCCl. The first-order chi connectivity index (χ1) is 12.3. The van der Waals surface area contributed by atoms with Crippen molar-refractivity contribution in [3.63, 3.8) is 0 Å². The number of benzene rings is 1. The molecule has 3 nitrogen and oxygen atoms in total. The van der Waals surface area contributed by atoms with E-state index < -0.39 is 54.9 Å². The van der Waals surface area contributed by atoms with Crippen molar-refractivity contribution >= 4 is 34.9 Å². The summed E-state index contributed by atoms with van der Waals surface area (Å²) < 4.78 is 64.2. The van der Waals surface area contributed by atoms with Crippen molar-refractivity contribution < 1.29 is 20.9 Å². The Bertz CT molecular complexity index is 682. The molecule has 0 aromatic heterocycles. The number of nitrogens with zero attached hydrogens (tertiary/aromatic N) is 1. The van der Waals surface area contributed by atoms with Gasteiger partial charge in [-0.1, -0.05) is 12.1 Å². The molecule has 5 heteroatoms. The maximum atomic E-state index is 10.9. The van der Waals surface area contributed by atoms with Crippen LogP contribution >= 0.6 is 23.2 Å². The average molecular weight is 312 g/mol. The van der Waals surface area contributed by atoms with Crippen molar-refractivity contribution in [2.24, 2.45) is 0 Å². The zero-order valence-electron chi connectivity index (χ0n) is 18.1. The van der Waals surface area contributed by atoms with E-state index in [1.807, 2.05) is 0 Å². The van der Waals surface area contributed by atoms with E-state index in [4.69, 9.17) is 39.3 Å². The number of alkyl halides is 2. The highest BCUT2D eigenvalue weighted by molar-refractivity contribution is 6.18. The Hall–Kier alpha value is -0.930. The lowest BCUT2D eigenvalue weighted by atomic mass is 10.1. The van der Waals surface area contributed by atoms with Crippen molar-refractivity contribution in [2.45, 2.75) is 19.2 Å². The van der Waals surface area contributed by atoms with Gasteiger partial charge in [0.1, 0.15) is 0 Å². The monoisotopic (exact) mass is 311 g/mol. The summed E-state index contributed by atoms with van der Waals surface area (Å²) in [6.45, 7) is 0.355. The van der Waals surface area contributed by atoms with Crippen LogP contribution in [0.3, 0.4) is 0 Å². The van der Waals surface area contributed by atoms with Crippen LogP contribution in [0.2, 0.25) is 0 Å². The molecule has 19 heavy (non-hydrogen) atoms. The third-order valence-electron chi connectivity index (χ3n) is 2.09. The molecular formula is C14H19Cl2NO2. The predicted octanol–water partition coefficient (Wildman–Crippen LogP) is 3.38. The van der Waals surface area contributed by atoms with Gasteiger partial charge < -0.3 is 10.0 Å². The molecule has 0 bridgehead atoms. The van der Waals surface area contributed by atoms with Crippen molar-refractivity contribution in [2.75, 3.05) is 29.7 Å². The molecule has 1 N–H and O–H groups in total. The summed E-state index contributed by atoms with van der Waals surface area (Å²) in [5, 5.41) is 8.84. The van der Waals surface area contributed by atoms with Gasteiger partial charge in [-0.25, -0.2) is 0 Å². The Morgan fingerprint density at radius 3 is 2.32 bits per heavy atom. The second kappa shape index (κ2) is 9.05. The highest BCUT2D eigenvalue weighted by Crippen LogP contribution is 2.16. The van der Waals surface area contributed by atoms with E-state index in [9.17, 15) is 4.79 Å². The maximum absolute atomic E-state index is 10.9. The van der Waals surface area contributed by atoms with Gasteiger partial charge in [-0.2, -0.15) is 0 Å². The van der Waals surface area contributed by atoms with Crippen LogP contribution in [-0.4, -0.2) is 35.9 Å². The molecule has 0 spiro atoms. The molecular weight excluding hydrogens is 285 g/mol. The first-order valence-corrected chi connectivity index (χ1v) is 6.59. The number of aliphatic carboxylic acids is 1. The van der Waals surface area contributed by atoms with E-state index in [2.05, 4.69) is 0 Å². The fourth-order valence-electron chi connectivity index (χ4n) is 1.27. The molecule has 0 atom stereocenters. The van der Waals surface area contributed by atoms with Crippen molar-refractivity contribution in [1.29, 1.82) is 0 Å². The summed E-state index contributed by atoms with van der Waals surface area (Å²) in [4.78, 5) is 12.3. The highest BCUT2D eigenvalue weighted by Gasteiger charge is 2.05. The molecule has 0 amide bonds. The van der Waals surface area contributed by atoms with Crippen molar-refractivity contribution in [1.82, 2.24) is 0 Å². The Labute approximate surface area is 135 Å². The quantitative estimate of drug-likeness (QED) is 0.711. The normalized spacial score (nSPS) is 18.0. The highest BCUT2D eigenvalue weighted by atomic mass is 35.5. The molecule has 0 saturated carbocycles. The average Bonchev–Trinajstić information content (AvgIpc) is 2.52. The van der Waals surface area contributed by atoms with Gasteiger partial charge in [-0.3, -0.25) is 4.79 Å². The number of carboxylic acid groups (broad SMARTS) is 1. The smallest absolute Gasteiger partial charge is 0.303 e. The lowest BCUT2D eigenvalue weighted by molar-refractivity contribution is -0.137. The van der Waals surface area contributed by atoms with E-state index in [1.54, 1.807) is 0 Å². The van der Waals surface area contributed by atoms with Crippen LogP contribution < -0.4 is 4.90 Å². The molecule has 0 aliphatic carbocycles. The van der Waals surface area contributed by atoms with Crippen LogP contribution in [0.5, 0.6) is 0 Å². The number of rotatable bonds is 9. The Kier molecular flexibility index (Phi) is 3.69. The molecule has 0 aliphatic heterocycles. The van der Waals surface area contributed by atoms with E-state index in [0.717, 1.165) is 0 Å². The fourth-order valence-corrected chi connectivity index (χ4v) is 1.68. The second-order valence-electron chi connectivity index (χ2n) is 3.46. The minimum atomic E-state index is -3.08. The molecule has 1 aromatic carbocycles. The second-order valence-corrected chi connectivity index (χ2v) is 4.22. The molecule has 106 valence electrons. The van der Waals surface area contributed by atoms with Gasteiger partial charge in [0.05, 0.1) is 5.48 Å². The number of hydrogen-bond donors (Lipinski definition) is 1. The molecule has 0 fully saturated rings. The fraction of sp³-hybridized carbons (Fsp3) is 0.500. The van der Waals surface area contributed by atoms with E-state index in [0.29, 0.717) is 0 Å². The van der Waals surface area contributed by atoms with Gasteiger partial charge in [-0.15, -0.1) is 23.2 Å². The molecule has 0 aliphatic rings. The zero-order valence-corrected chi connectivity index (χ0v) is 11.6. The summed E-state index contributed by atoms with van der Waals surface area (Å²) in [6, 6.07) is -2.70. The Balaban J connectivity index is 3.68. The van der Waals surface area contributed by atoms with Crippen LogP contribution in [0.1, 0.15) is 29.3 Å². The molecule has 1 rings (SSSR count). The molecule has 0 saturated heterocycles. The topological polar surface area (TPSA) is 40.5 Å². The zero-order chi connectivity index (χ0) is 21.2. The number of carbonyl (C=O) groups is 1. The lowest BCUT2D eigenvalue weighted by Crippen LogP contribution is -2.27. The summed E-state index contributed by atoms with van der Waals surface area (Å²) in [5.74, 6) is -1.34. The van der Waals surface area contributed by atoms with Gasteiger partial charge in [0.25, 0.3) is 0 Å². The van der Waals surface area contributed by atoms with Crippen LogP contribution in [0.25, 0.3) is 0 Å².